The first-order valence-electron chi connectivity index (χ1n) is 6.46. The summed E-state index contributed by atoms with van der Waals surface area (Å²) < 4.78 is 10.9. The number of aromatic hydroxyl groups is 1. The van der Waals surface area contributed by atoms with Crippen LogP contribution < -0.4 is 0 Å². The summed E-state index contributed by atoms with van der Waals surface area (Å²) in [6.07, 6.45) is -1.17. The van der Waals surface area contributed by atoms with Crippen LogP contribution in [-0.4, -0.2) is 23.4 Å². The molecule has 0 aliphatic carbocycles. The Balaban J connectivity index is 1.92. The van der Waals surface area contributed by atoms with E-state index in [1.807, 2.05) is 13.0 Å². The fraction of sp³-hybridized carbons (Fsp3) is 0.333. The highest BCUT2D eigenvalue weighted by molar-refractivity contribution is 7.12. The van der Waals surface area contributed by atoms with Gasteiger partial charge < -0.3 is 19.7 Å². The zero-order valence-electron chi connectivity index (χ0n) is 11.1. The molecule has 1 fully saturated rings. The Morgan fingerprint density at radius 1 is 1.20 bits per heavy atom. The first-order valence-corrected chi connectivity index (χ1v) is 7.28. The number of phenolic OH excluding ortho intramolecular Hbond substituents is 1. The summed E-state index contributed by atoms with van der Waals surface area (Å²) in [5.41, 5.74) is 1.29. The van der Waals surface area contributed by atoms with E-state index in [-0.39, 0.29) is 12.0 Å². The van der Waals surface area contributed by atoms with Crippen molar-refractivity contribution in [3.05, 3.63) is 51.2 Å². The second-order valence-electron chi connectivity index (χ2n) is 4.70. The van der Waals surface area contributed by atoms with Crippen molar-refractivity contribution in [3.8, 4) is 5.75 Å². The molecule has 1 saturated heterocycles. The van der Waals surface area contributed by atoms with Crippen LogP contribution in [0.1, 0.15) is 33.3 Å². The van der Waals surface area contributed by atoms with Gasteiger partial charge in [0.25, 0.3) is 0 Å². The van der Waals surface area contributed by atoms with Crippen molar-refractivity contribution in [2.24, 2.45) is 0 Å². The number of rotatable bonds is 3. The smallest absolute Gasteiger partial charge is 0.193 e. The van der Waals surface area contributed by atoms with Gasteiger partial charge in [0.05, 0.1) is 18.1 Å². The maximum Gasteiger partial charge on any atom is 0.193 e. The van der Waals surface area contributed by atoms with Gasteiger partial charge in [-0.3, -0.25) is 0 Å². The highest BCUT2D eigenvalue weighted by Crippen LogP contribution is 2.38. The van der Waals surface area contributed by atoms with Crippen LogP contribution in [0.3, 0.4) is 0 Å². The van der Waals surface area contributed by atoms with E-state index in [9.17, 15) is 10.2 Å². The lowest BCUT2D eigenvalue weighted by Crippen LogP contribution is -2.00. The summed E-state index contributed by atoms with van der Waals surface area (Å²) in [6, 6.07) is 8.72. The predicted molar refractivity (Wildman–Crippen MR) is 75.9 cm³/mol. The number of hydrogen-bond acceptors (Lipinski definition) is 5. The molecule has 4 nitrogen and oxygen atoms in total. The Bertz CT molecular complexity index is 602. The molecule has 2 heterocycles. The van der Waals surface area contributed by atoms with Crippen LogP contribution in [0.2, 0.25) is 0 Å². The maximum absolute atomic E-state index is 10.5. The Morgan fingerprint density at radius 2 is 1.90 bits per heavy atom. The number of para-hydroxylation sites is 1. The van der Waals surface area contributed by atoms with Crippen LogP contribution in [0.5, 0.6) is 5.75 Å². The highest BCUT2D eigenvalue weighted by Gasteiger charge is 2.24. The molecule has 0 spiro atoms. The first kappa shape index (κ1) is 13.6. The van der Waals surface area contributed by atoms with E-state index >= 15 is 0 Å². The molecule has 1 unspecified atom stereocenters. The average molecular weight is 292 g/mol. The summed E-state index contributed by atoms with van der Waals surface area (Å²) in [4.78, 5) is 1.94. The van der Waals surface area contributed by atoms with E-state index in [0.717, 1.165) is 15.3 Å². The molecule has 0 saturated carbocycles. The lowest BCUT2D eigenvalue weighted by molar-refractivity contribution is -0.0413. The number of aliphatic hydroxyl groups is 1. The van der Waals surface area contributed by atoms with Crippen LogP contribution in [0.4, 0.5) is 0 Å². The van der Waals surface area contributed by atoms with E-state index in [0.29, 0.717) is 18.8 Å². The second kappa shape index (κ2) is 5.54. The molecule has 0 amide bonds. The zero-order chi connectivity index (χ0) is 14.1. The topological polar surface area (TPSA) is 58.9 Å². The normalized spacial score (nSPS) is 17.5. The van der Waals surface area contributed by atoms with Crippen molar-refractivity contribution in [2.45, 2.75) is 19.3 Å². The standard InChI is InChI=1S/C15H16O4S/c1-9-11(8-13(20-9)15-18-6-7-19-15)14(17)10-4-2-3-5-12(10)16/h2-5,8,14-17H,6-7H2,1H3. The van der Waals surface area contributed by atoms with Crippen LogP contribution in [0, 0.1) is 6.92 Å². The third-order valence-corrected chi connectivity index (χ3v) is 4.44. The Kier molecular flexibility index (Phi) is 3.76. The van der Waals surface area contributed by atoms with Crippen molar-refractivity contribution in [1.29, 1.82) is 0 Å². The van der Waals surface area contributed by atoms with Gasteiger partial charge in [0.1, 0.15) is 11.9 Å². The minimum Gasteiger partial charge on any atom is -0.508 e. The van der Waals surface area contributed by atoms with E-state index in [2.05, 4.69) is 0 Å². The summed E-state index contributed by atoms with van der Waals surface area (Å²) in [6.45, 7) is 3.14. The van der Waals surface area contributed by atoms with Crippen LogP contribution in [0.15, 0.2) is 30.3 Å². The van der Waals surface area contributed by atoms with Crippen molar-refractivity contribution in [2.75, 3.05) is 13.2 Å². The largest absolute Gasteiger partial charge is 0.508 e. The Labute approximate surface area is 121 Å². The molecule has 0 radical (unpaired) electrons. The fourth-order valence-electron chi connectivity index (χ4n) is 2.32. The number of ether oxygens (including phenoxy) is 2. The number of benzene rings is 1. The highest BCUT2D eigenvalue weighted by atomic mass is 32.1. The van der Waals surface area contributed by atoms with Crippen molar-refractivity contribution in [3.63, 3.8) is 0 Å². The van der Waals surface area contributed by atoms with Crippen molar-refractivity contribution in [1.82, 2.24) is 0 Å². The van der Waals surface area contributed by atoms with Crippen molar-refractivity contribution >= 4 is 11.3 Å². The first-order chi connectivity index (χ1) is 9.66. The molecule has 1 aliphatic rings. The third-order valence-electron chi connectivity index (χ3n) is 3.36. The van der Waals surface area contributed by atoms with Gasteiger partial charge in [0.15, 0.2) is 6.29 Å². The number of aliphatic hydroxyl groups excluding tert-OH is 1. The number of thiophene rings is 1. The second-order valence-corrected chi connectivity index (χ2v) is 5.98. The number of phenols is 1. The monoisotopic (exact) mass is 292 g/mol. The van der Waals surface area contributed by atoms with Gasteiger partial charge in [0.2, 0.25) is 0 Å². The van der Waals surface area contributed by atoms with Crippen LogP contribution in [-0.2, 0) is 9.47 Å². The molecule has 20 heavy (non-hydrogen) atoms. The summed E-state index contributed by atoms with van der Waals surface area (Å²) in [7, 11) is 0. The minimum atomic E-state index is -0.845. The third kappa shape index (κ3) is 2.45. The zero-order valence-corrected chi connectivity index (χ0v) is 11.9. The molecule has 0 bridgehead atoms. The SMILES string of the molecule is Cc1sc(C2OCCO2)cc1C(O)c1ccccc1O. The van der Waals surface area contributed by atoms with Gasteiger partial charge in [-0.1, -0.05) is 18.2 Å². The molecule has 2 N–H and O–H groups in total. The molecule has 2 aromatic rings. The minimum absolute atomic E-state index is 0.0977. The molecular formula is C15H16O4S. The van der Waals surface area contributed by atoms with Crippen molar-refractivity contribution < 1.29 is 19.7 Å². The average Bonchev–Trinajstić information content (AvgIpc) is 3.07. The van der Waals surface area contributed by atoms with E-state index in [1.54, 1.807) is 35.6 Å². The Morgan fingerprint density at radius 3 is 2.60 bits per heavy atom. The lowest BCUT2D eigenvalue weighted by atomic mass is 10.0. The summed E-state index contributed by atoms with van der Waals surface area (Å²) in [5, 5.41) is 20.3. The fourth-order valence-corrected chi connectivity index (χ4v) is 3.38. The molecule has 1 aromatic carbocycles. The van der Waals surface area contributed by atoms with Gasteiger partial charge in [-0.2, -0.15) is 0 Å². The summed E-state index contributed by atoms with van der Waals surface area (Å²) in [5.74, 6) is 0.0977. The quantitative estimate of drug-likeness (QED) is 0.913. The molecule has 1 atom stereocenters. The van der Waals surface area contributed by atoms with Crippen LogP contribution in [0.25, 0.3) is 0 Å². The van der Waals surface area contributed by atoms with E-state index in [1.165, 1.54) is 0 Å². The molecule has 1 aromatic heterocycles. The van der Waals surface area contributed by atoms with Gasteiger partial charge in [-0.05, 0) is 24.6 Å². The maximum atomic E-state index is 10.5. The van der Waals surface area contributed by atoms with Gasteiger partial charge in [0, 0.05) is 10.4 Å². The number of aryl methyl sites for hydroxylation is 1. The molecule has 5 heteroatoms. The van der Waals surface area contributed by atoms with E-state index in [4.69, 9.17) is 9.47 Å². The van der Waals surface area contributed by atoms with Gasteiger partial charge in [-0.25, -0.2) is 0 Å². The molecule has 1 aliphatic heterocycles. The molecular weight excluding hydrogens is 276 g/mol. The molecule has 106 valence electrons. The molecule has 3 rings (SSSR count). The Hall–Kier alpha value is -1.40. The van der Waals surface area contributed by atoms with Crippen LogP contribution >= 0.6 is 11.3 Å². The lowest BCUT2D eigenvalue weighted by Gasteiger charge is -2.12. The summed E-state index contributed by atoms with van der Waals surface area (Å²) >= 11 is 1.55. The number of hydrogen-bond donors (Lipinski definition) is 2. The van der Waals surface area contributed by atoms with E-state index < -0.39 is 6.10 Å². The van der Waals surface area contributed by atoms with Gasteiger partial charge >= 0.3 is 0 Å². The predicted octanol–water partition coefficient (Wildman–Crippen LogP) is 2.89. The van der Waals surface area contributed by atoms with Gasteiger partial charge in [-0.15, -0.1) is 11.3 Å².